The summed E-state index contributed by atoms with van der Waals surface area (Å²) in [5, 5.41) is 8.76. The lowest BCUT2D eigenvalue weighted by molar-refractivity contribution is 0.555. The molecule has 2 aromatic heterocycles. The van der Waals surface area contributed by atoms with Gasteiger partial charge in [-0.1, -0.05) is 0 Å². The van der Waals surface area contributed by atoms with Crippen molar-refractivity contribution in [1.82, 2.24) is 15.0 Å². The van der Waals surface area contributed by atoms with Gasteiger partial charge in [0.2, 0.25) is 0 Å². The molecule has 0 unspecified atom stereocenters. The number of oxazole rings is 1. The van der Waals surface area contributed by atoms with Gasteiger partial charge in [-0.25, -0.2) is 14.8 Å². The second kappa shape index (κ2) is 3.96. The number of nitrogens with two attached hydrogens (primary N) is 1. The number of nitrogens with one attached hydrogen (secondary N) is 1. The van der Waals surface area contributed by atoms with E-state index in [4.69, 9.17) is 15.4 Å². The number of benzene rings is 1. The Labute approximate surface area is 106 Å². The second-order valence-corrected chi connectivity index (χ2v) is 3.83. The molecule has 0 aliphatic heterocycles. The topological polar surface area (TPSA) is 122 Å². The zero-order valence-electron chi connectivity index (χ0n) is 9.54. The summed E-state index contributed by atoms with van der Waals surface area (Å²) in [7, 11) is 0. The highest BCUT2D eigenvalue weighted by Crippen LogP contribution is 2.21. The number of rotatable bonds is 1. The van der Waals surface area contributed by atoms with Crippen molar-refractivity contribution in [2.24, 2.45) is 0 Å². The van der Waals surface area contributed by atoms with Crippen LogP contribution >= 0.6 is 0 Å². The van der Waals surface area contributed by atoms with E-state index in [1.54, 1.807) is 18.2 Å². The van der Waals surface area contributed by atoms with E-state index < -0.39 is 5.76 Å². The van der Waals surface area contributed by atoms with E-state index in [0.29, 0.717) is 22.5 Å². The standard InChI is InChI=1S/C12H7N5O2/c13-4-7-5-15-11(17-10(7)14)6-1-2-8-9(3-6)19-12(18)16-8/h1-3,5H,(H,16,18)(H2,14,15,17). The molecule has 3 aromatic rings. The average molecular weight is 253 g/mol. The van der Waals surface area contributed by atoms with Gasteiger partial charge in [0.25, 0.3) is 0 Å². The number of aromatic amines is 1. The summed E-state index contributed by atoms with van der Waals surface area (Å²) < 4.78 is 4.95. The molecule has 3 N–H and O–H groups in total. The molecule has 19 heavy (non-hydrogen) atoms. The highest BCUT2D eigenvalue weighted by atomic mass is 16.4. The third-order valence-electron chi connectivity index (χ3n) is 2.62. The number of H-pyrrole nitrogens is 1. The van der Waals surface area contributed by atoms with Gasteiger partial charge in [-0.15, -0.1) is 0 Å². The third kappa shape index (κ3) is 1.81. The van der Waals surface area contributed by atoms with Crippen LogP contribution in [0.25, 0.3) is 22.5 Å². The maximum absolute atomic E-state index is 11.1. The molecule has 0 saturated heterocycles. The van der Waals surface area contributed by atoms with Crippen molar-refractivity contribution in [3.05, 3.63) is 40.5 Å². The number of hydrogen-bond acceptors (Lipinski definition) is 6. The molecule has 7 heteroatoms. The summed E-state index contributed by atoms with van der Waals surface area (Å²) in [6.07, 6.45) is 1.36. The van der Waals surface area contributed by atoms with Crippen molar-refractivity contribution in [3.63, 3.8) is 0 Å². The van der Waals surface area contributed by atoms with Crippen LogP contribution in [0.15, 0.2) is 33.6 Å². The van der Waals surface area contributed by atoms with Gasteiger partial charge < -0.3 is 10.2 Å². The monoisotopic (exact) mass is 253 g/mol. The van der Waals surface area contributed by atoms with Gasteiger partial charge in [0.1, 0.15) is 17.5 Å². The van der Waals surface area contributed by atoms with Gasteiger partial charge >= 0.3 is 5.76 Å². The zero-order valence-corrected chi connectivity index (χ0v) is 9.54. The predicted molar refractivity (Wildman–Crippen MR) is 67.0 cm³/mol. The Balaban J connectivity index is 2.16. The first-order valence-corrected chi connectivity index (χ1v) is 5.33. The Morgan fingerprint density at radius 2 is 2.26 bits per heavy atom. The molecule has 0 amide bonds. The number of hydrogen-bond donors (Lipinski definition) is 2. The van der Waals surface area contributed by atoms with Crippen LogP contribution in [0.3, 0.4) is 0 Å². The van der Waals surface area contributed by atoms with E-state index in [1.807, 2.05) is 6.07 Å². The highest BCUT2D eigenvalue weighted by Gasteiger charge is 2.08. The first kappa shape index (κ1) is 11.0. The summed E-state index contributed by atoms with van der Waals surface area (Å²) in [5.41, 5.74) is 7.50. The normalized spacial score (nSPS) is 10.5. The molecule has 7 nitrogen and oxygen atoms in total. The van der Waals surface area contributed by atoms with E-state index in [9.17, 15) is 4.79 Å². The van der Waals surface area contributed by atoms with Crippen molar-refractivity contribution in [2.75, 3.05) is 5.73 Å². The van der Waals surface area contributed by atoms with Crippen LogP contribution in [0.4, 0.5) is 5.82 Å². The fourth-order valence-electron chi connectivity index (χ4n) is 1.70. The van der Waals surface area contributed by atoms with Crippen molar-refractivity contribution in [3.8, 4) is 17.5 Å². The largest absolute Gasteiger partial charge is 0.417 e. The van der Waals surface area contributed by atoms with Crippen LogP contribution in [0, 0.1) is 11.3 Å². The minimum absolute atomic E-state index is 0.114. The van der Waals surface area contributed by atoms with Gasteiger partial charge in [0, 0.05) is 5.56 Å². The van der Waals surface area contributed by atoms with Crippen LogP contribution in [0.1, 0.15) is 5.56 Å². The zero-order chi connectivity index (χ0) is 13.4. The first-order valence-electron chi connectivity index (χ1n) is 5.33. The summed E-state index contributed by atoms with van der Waals surface area (Å²) in [5.74, 6) is -0.0437. The van der Waals surface area contributed by atoms with Crippen LogP contribution in [0.2, 0.25) is 0 Å². The lowest BCUT2D eigenvalue weighted by Gasteiger charge is -2.01. The minimum atomic E-state index is -0.521. The molecule has 0 atom stereocenters. The number of nitrogens with zero attached hydrogens (tertiary/aromatic N) is 3. The highest BCUT2D eigenvalue weighted by molar-refractivity contribution is 5.78. The van der Waals surface area contributed by atoms with Crippen molar-refractivity contribution in [2.45, 2.75) is 0 Å². The number of nitriles is 1. The summed E-state index contributed by atoms with van der Waals surface area (Å²) in [6.45, 7) is 0. The molecule has 0 spiro atoms. The number of anilines is 1. The molecule has 0 aliphatic rings. The summed E-state index contributed by atoms with van der Waals surface area (Å²) in [4.78, 5) is 21.7. The molecular formula is C12H7N5O2. The van der Waals surface area contributed by atoms with Gasteiger partial charge in [-0.2, -0.15) is 5.26 Å². The molecule has 0 aliphatic carbocycles. The SMILES string of the molecule is N#Cc1cnc(-c2ccc3[nH]c(=O)oc3c2)nc1N. The Bertz CT molecular complexity index is 872. The number of aromatic nitrogens is 3. The molecule has 2 heterocycles. The average Bonchev–Trinajstić information content (AvgIpc) is 2.77. The fraction of sp³-hybridized carbons (Fsp3) is 0. The number of fused-ring (bicyclic) bond motifs is 1. The van der Waals surface area contributed by atoms with E-state index in [-0.39, 0.29) is 11.4 Å². The van der Waals surface area contributed by atoms with E-state index in [1.165, 1.54) is 6.20 Å². The Morgan fingerprint density at radius 3 is 3.00 bits per heavy atom. The van der Waals surface area contributed by atoms with Crippen molar-refractivity contribution < 1.29 is 4.42 Å². The fourth-order valence-corrected chi connectivity index (χ4v) is 1.70. The van der Waals surface area contributed by atoms with Gasteiger partial charge in [-0.3, -0.25) is 4.98 Å². The first-order chi connectivity index (χ1) is 9.17. The molecule has 3 rings (SSSR count). The molecule has 0 saturated carbocycles. The Hall–Kier alpha value is -3.14. The maximum Gasteiger partial charge on any atom is 0.417 e. The van der Waals surface area contributed by atoms with E-state index >= 15 is 0 Å². The predicted octanol–water partition coefficient (Wildman–Crippen LogP) is 1.03. The second-order valence-electron chi connectivity index (χ2n) is 3.83. The van der Waals surface area contributed by atoms with Crippen LogP contribution < -0.4 is 11.5 Å². The summed E-state index contributed by atoms with van der Waals surface area (Å²) in [6, 6.07) is 6.94. The van der Waals surface area contributed by atoms with Crippen molar-refractivity contribution >= 4 is 16.9 Å². The molecule has 1 aromatic carbocycles. The lowest BCUT2D eigenvalue weighted by atomic mass is 10.2. The maximum atomic E-state index is 11.1. The lowest BCUT2D eigenvalue weighted by Crippen LogP contribution is -1.98. The van der Waals surface area contributed by atoms with Gasteiger partial charge in [0.05, 0.1) is 11.7 Å². The molecule has 0 radical (unpaired) electrons. The molecule has 0 fully saturated rings. The van der Waals surface area contributed by atoms with Gasteiger partial charge in [0.15, 0.2) is 11.4 Å². The van der Waals surface area contributed by atoms with E-state index in [0.717, 1.165) is 0 Å². The Morgan fingerprint density at radius 1 is 1.42 bits per heavy atom. The van der Waals surface area contributed by atoms with Gasteiger partial charge in [-0.05, 0) is 18.2 Å². The quantitative estimate of drug-likeness (QED) is 0.667. The smallest absolute Gasteiger partial charge is 0.408 e. The third-order valence-corrected chi connectivity index (χ3v) is 2.62. The van der Waals surface area contributed by atoms with Crippen LogP contribution in [0.5, 0.6) is 0 Å². The van der Waals surface area contributed by atoms with Crippen LogP contribution in [-0.4, -0.2) is 15.0 Å². The minimum Gasteiger partial charge on any atom is -0.408 e. The van der Waals surface area contributed by atoms with Crippen LogP contribution in [-0.2, 0) is 0 Å². The molecule has 92 valence electrons. The molecule has 0 bridgehead atoms. The van der Waals surface area contributed by atoms with E-state index in [2.05, 4.69) is 15.0 Å². The number of nitrogen functional groups attached to an aromatic ring is 1. The Kier molecular flexibility index (Phi) is 2.29. The summed E-state index contributed by atoms with van der Waals surface area (Å²) >= 11 is 0. The van der Waals surface area contributed by atoms with Crippen molar-refractivity contribution in [1.29, 1.82) is 5.26 Å². The molecular weight excluding hydrogens is 246 g/mol.